The molecule has 5 rings (SSSR count). The quantitative estimate of drug-likeness (QED) is 0.186. The first kappa shape index (κ1) is 25.9. The van der Waals surface area contributed by atoms with Gasteiger partial charge in [-0.25, -0.2) is 13.8 Å². The monoisotopic (exact) mass is 621 g/mol. The SMILES string of the molecule is NC(=O)c1sc2nc(C(F)F)cc(-c3ccco3)c2c1NC(=O)c1ccc(COc2ccc(Br)cc2Cl)o1. The third-order valence-corrected chi connectivity index (χ3v) is 7.19. The molecule has 0 aliphatic rings. The average Bonchev–Trinajstić information content (AvgIpc) is 3.63. The number of alkyl halides is 2. The number of aromatic nitrogens is 1. The van der Waals surface area contributed by atoms with Gasteiger partial charge in [0.15, 0.2) is 5.76 Å². The van der Waals surface area contributed by atoms with Gasteiger partial charge in [0.1, 0.15) is 39.3 Å². The lowest BCUT2D eigenvalue weighted by molar-refractivity contribution is 0.0992. The van der Waals surface area contributed by atoms with Gasteiger partial charge in [0.2, 0.25) is 0 Å². The minimum atomic E-state index is -2.87. The number of nitrogens with zero attached hydrogens (tertiary/aromatic N) is 1. The summed E-state index contributed by atoms with van der Waals surface area (Å²) in [6.45, 7) is -0.00842. The maximum atomic E-state index is 13.5. The van der Waals surface area contributed by atoms with Crippen LogP contribution in [0.3, 0.4) is 0 Å². The summed E-state index contributed by atoms with van der Waals surface area (Å²) in [5, 5.41) is 3.25. The molecule has 13 heteroatoms. The van der Waals surface area contributed by atoms with Crippen LogP contribution < -0.4 is 15.8 Å². The second-order valence-corrected chi connectivity index (χ2v) is 10.1. The molecule has 5 aromatic rings. The van der Waals surface area contributed by atoms with Crippen molar-refractivity contribution in [1.29, 1.82) is 0 Å². The van der Waals surface area contributed by atoms with Crippen molar-refractivity contribution in [2.75, 3.05) is 5.32 Å². The third-order valence-electron chi connectivity index (χ3n) is 5.30. The van der Waals surface area contributed by atoms with E-state index in [4.69, 9.17) is 30.9 Å². The zero-order valence-corrected chi connectivity index (χ0v) is 22.1. The van der Waals surface area contributed by atoms with Crippen LogP contribution in [0.2, 0.25) is 5.02 Å². The molecule has 8 nitrogen and oxygen atoms in total. The zero-order chi connectivity index (χ0) is 27.0. The molecule has 0 atom stereocenters. The van der Waals surface area contributed by atoms with E-state index in [0.29, 0.717) is 16.5 Å². The summed E-state index contributed by atoms with van der Waals surface area (Å²) >= 11 is 10.3. The van der Waals surface area contributed by atoms with E-state index in [2.05, 4.69) is 26.2 Å². The molecule has 0 radical (unpaired) electrons. The van der Waals surface area contributed by atoms with Gasteiger partial charge >= 0.3 is 0 Å². The normalized spacial score (nSPS) is 11.3. The summed E-state index contributed by atoms with van der Waals surface area (Å²) in [6.07, 6.45) is -1.50. The highest BCUT2D eigenvalue weighted by molar-refractivity contribution is 9.10. The van der Waals surface area contributed by atoms with E-state index in [1.54, 1.807) is 36.4 Å². The molecule has 0 fully saturated rings. The molecular formula is C25H15BrClF2N3O5S. The molecule has 4 aromatic heterocycles. The summed E-state index contributed by atoms with van der Waals surface area (Å²) in [6, 6.07) is 12.4. The maximum Gasteiger partial charge on any atom is 0.291 e. The summed E-state index contributed by atoms with van der Waals surface area (Å²) in [7, 11) is 0. The van der Waals surface area contributed by atoms with Gasteiger partial charge in [-0.1, -0.05) is 27.5 Å². The number of carbonyl (C=O) groups excluding carboxylic acids is 2. The lowest BCUT2D eigenvalue weighted by Crippen LogP contribution is -2.16. The number of hydrogen-bond donors (Lipinski definition) is 2. The van der Waals surface area contributed by atoms with Crippen LogP contribution in [0.15, 0.2) is 68.1 Å². The van der Waals surface area contributed by atoms with E-state index >= 15 is 0 Å². The number of carbonyl (C=O) groups is 2. The van der Waals surface area contributed by atoms with Gasteiger partial charge in [-0.05, 0) is 48.5 Å². The van der Waals surface area contributed by atoms with Crippen molar-refractivity contribution < 1.29 is 31.9 Å². The number of rotatable bonds is 8. The number of thiophene rings is 1. The van der Waals surface area contributed by atoms with Crippen molar-refractivity contribution in [3.05, 3.63) is 86.4 Å². The Morgan fingerprint density at radius 2 is 2.03 bits per heavy atom. The molecule has 38 heavy (non-hydrogen) atoms. The Bertz CT molecular complexity index is 1670. The molecule has 2 amide bonds. The predicted molar refractivity (Wildman–Crippen MR) is 141 cm³/mol. The number of hydrogen-bond acceptors (Lipinski definition) is 7. The summed E-state index contributed by atoms with van der Waals surface area (Å²) in [5.74, 6) is -0.659. The van der Waals surface area contributed by atoms with Crippen LogP contribution in [-0.4, -0.2) is 16.8 Å². The molecule has 0 aliphatic heterocycles. The van der Waals surface area contributed by atoms with E-state index in [-0.39, 0.29) is 44.5 Å². The Morgan fingerprint density at radius 3 is 2.71 bits per heavy atom. The minimum absolute atomic E-state index is 0.00842. The lowest BCUT2D eigenvalue weighted by Gasteiger charge is -2.09. The number of furan rings is 2. The minimum Gasteiger partial charge on any atom is -0.484 e. The zero-order valence-electron chi connectivity index (χ0n) is 19.0. The number of ether oxygens (including phenoxy) is 1. The Morgan fingerprint density at radius 1 is 1.21 bits per heavy atom. The number of pyridine rings is 1. The van der Waals surface area contributed by atoms with E-state index in [9.17, 15) is 18.4 Å². The molecule has 194 valence electrons. The van der Waals surface area contributed by atoms with Crippen LogP contribution in [0.4, 0.5) is 14.5 Å². The summed E-state index contributed by atoms with van der Waals surface area (Å²) in [4.78, 5) is 29.3. The van der Waals surface area contributed by atoms with Crippen LogP contribution in [0.25, 0.3) is 21.5 Å². The first-order valence-corrected chi connectivity index (χ1v) is 12.8. The number of primary amides is 1. The van der Waals surface area contributed by atoms with Crippen LogP contribution in [0, 0.1) is 0 Å². The van der Waals surface area contributed by atoms with Crippen molar-refractivity contribution in [1.82, 2.24) is 4.98 Å². The fourth-order valence-electron chi connectivity index (χ4n) is 3.64. The van der Waals surface area contributed by atoms with Crippen LogP contribution >= 0.6 is 38.9 Å². The molecule has 0 bridgehead atoms. The smallest absolute Gasteiger partial charge is 0.291 e. The third kappa shape index (κ3) is 5.15. The highest BCUT2D eigenvalue weighted by Gasteiger charge is 2.26. The fourth-order valence-corrected chi connectivity index (χ4v) is 5.38. The van der Waals surface area contributed by atoms with Gasteiger partial charge in [0, 0.05) is 15.4 Å². The van der Waals surface area contributed by atoms with E-state index in [1.807, 2.05) is 0 Å². The highest BCUT2D eigenvalue weighted by atomic mass is 79.9. The first-order chi connectivity index (χ1) is 18.2. The molecule has 0 unspecified atom stereocenters. The van der Waals surface area contributed by atoms with Crippen molar-refractivity contribution in [3.63, 3.8) is 0 Å². The molecule has 0 saturated carbocycles. The Labute approximate surface area is 230 Å². The lowest BCUT2D eigenvalue weighted by atomic mass is 10.1. The topological polar surface area (TPSA) is 121 Å². The number of anilines is 1. The van der Waals surface area contributed by atoms with Crippen LogP contribution in [-0.2, 0) is 6.61 Å². The summed E-state index contributed by atoms with van der Waals surface area (Å²) < 4.78 is 44.6. The molecule has 1 aromatic carbocycles. The Kier molecular flexibility index (Phi) is 7.19. The van der Waals surface area contributed by atoms with Crippen molar-refractivity contribution in [2.45, 2.75) is 13.0 Å². The number of halogens is 4. The molecule has 3 N–H and O–H groups in total. The number of fused-ring (bicyclic) bond motifs is 1. The number of amides is 2. The largest absolute Gasteiger partial charge is 0.484 e. The molecular weight excluding hydrogens is 608 g/mol. The molecule has 0 aliphatic carbocycles. The predicted octanol–water partition coefficient (Wildman–Crippen LogP) is 7.43. The number of nitrogens with two attached hydrogens (primary N) is 1. The van der Waals surface area contributed by atoms with Gasteiger partial charge in [-0.15, -0.1) is 11.3 Å². The number of benzene rings is 1. The van der Waals surface area contributed by atoms with Gasteiger partial charge < -0.3 is 24.6 Å². The van der Waals surface area contributed by atoms with Crippen molar-refractivity contribution in [3.8, 4) is 17.1 Å². The van der Waals surface area contributed by atoms with E-state index in [0.717, 1.165) is 21.9 Å². The average molecular weight is 623 g/mol. The first-order valence-electron chi connectivity index (χ1n) is 10.8. The van der Waals surface area contributed by atoms with Crippen molar-refractivity contribution >= 4 is 66.6 Å². The molecule has 0 spiro atoms. The van der Waals surface area contributed by atoms with Gasteiger partial charge in [-0.2, -0.15) is 0 Å². The fraction of sp³-hybridized carbons (Fsp3) is 0.0800. The van der Waals surface area contributed by atoms with Gasteiger partial charge in [0.25, 0.3) is 18.2 Å². The van der Waals surface area contributed by atoms with E-state index in [1.165, 1.54) is 12.3 Å². The number of nitrogens with one attached hydrogen (secondary N) is 1. The van der Waals surface area contributed by atoms with Gasteiger partial charge in [0.05, 0.1) is 17.0 Å². The molecule has 0 saturated heterocycles. The second-order valence-electron chi connectivity index (χ2n) is 7.81. The van der Waals surface area contributed by atoms with Crippen LogP contribution in [0.5, 0.6) is 5.75 Å². The maximum absolute atomic E-state index is 13.5. The van der Waals surface area contributed by atoms with Crippen molar-refractivity contribution in [2.24, 2.45) is 5.73 Å². The van der Waals surface area contributed by atoms with E-state index < -0.39 is 23.9 Å². The second kappa shape index (κ2) is 10.6. The van der Waals surface area contributed by atoms with Gasteiger partial charge in [-0.3, -0.25) is 9.59 Å². The Hall–Kier alpha value is -3.74. The summed E-state index contributed by atoms with van der Waals surface area (Å²) in [5.41, 5.74) is 5.26. The Balaban J connectivity index is 1.46. The van der Waals surface area contributed by atoms with Crippen LogP contribution in [0.1, 0.15) is 38.1 Å². The highest BCUT2D eigenvalue weighted by Crippen LogP contribution is 2.42. The standard InChI is InChI=1S/C25H15BrClF2N3O5S/c26-11-3-5-17(14(27)8-11)36-10-12-4-6-18(37-12)24(34)32-20-19-13(16-2-1-7-35-16)9-15(22(28)29)31-25(19)38-21(20)23(30)33/h1-9,22H,10H2,(H2,30,33)(H,32,34). The molecule has 4 heterocycles.